The molecule has 1 nitrogen and oxygen atoms in total. The van der Waals surface area contributed by atoms with Crippen molar-refractivity contribution in [3.05, 3.63) is 59.7 Å². The van der Waals surface area contributed by atoms with E-state index in [1.54, 1.807) is 12.1 Å². The average molecular weight is 299 g/mol. The van der Waals surface area contributed by atoms with Crippen LogP contribution in [0.15, 0.2) is 42.5 Å². The molecular weight excluding hydrogens is 290 g/mol. The second-order valence-corrected chi connectivity index (χ2v) is 3.96. The van der Waals surface area contributed by atoms with Crippen LogP contribution in [0.3, 0.4) is 0 Å². The van der Waals surface area contributed by atoms with Crippen LogP contribution in [0, 0.1) is 11.6 Å². The lowest BCUT2D eigenvalue weighted by molar-refractivity contribution is 0.414. The van der Waals surface area contributed by atoms with Crippen molar-refractivity contribution in [2.45, 2.75) is 5.33 Å². The molecule has 4 heteroatoms. The van der Waals surface area contributed by atoms with Gasteiger partial charge in [-0.25, -0.2) is 4.39 Å². The van der Waals surface area contributed by atoms with E-state index in [2.05, 4.69) is 15.9 Å². The van der Waals surface area contributed by atoms with Crippen molar-refractivity contribution in [2.24, 2.45) is 0 Å². The zero-order chi connectivity index (χ0) is 12.3. The van der Waals surface area contributed by atoms with Gasteiger partial charge in [-0.3, -0.25) is 0 Å². The number of alkyl halides is 1. The van der Waals surface area contributed by atoms with Gasteiger partial charge >= 0.3 is 0 Å². The molecule has 0 saturated heterocycles. The van der Waals surface area contributed by atoms with E-state index >= 15 is 0 Å². The molecule has 88 valence electrons. The zero-order valence-corrected chi connectivity index (χ0v) is 10.4. The standard InChI is InChI=1S/C13H9BrF2O/c14-8-9-4-1-2-6-11(9)17-12-7-3-5-10(15)13(12)16/h1-7H,8H2. The molecule has 0 aliphatic carbocycles. The van der Waals surface area contributed by atoms with Crippen LogP contribution in [0.4, 0.5) is 8.78 Å². The van der Waals surface area contributed by atoms with Gasteiger partial charge in [0.15, 0.2) is 11.6 Å². The fraction of sp³-hybridized carbons (Fsp3) is 0.0769. The van der Waals surface area contributed by atoms with E-state index < -0.39 is 11.6 Å². The van der Waals surface area contributed by atoms with E-state index in [9.17, 15) is 8.78 Å². The number of ether oxygens (including phenoxy) is 1. The van der Waals surface area contributed by atoms with Gasteiger partial charge in [-0.1, -0.05) is 40.2 Å². The average Bonchev–Trinajstić information content (AvgIpc) is 2.35. The first kappa shape index (κ1) is 12.0. The van der Waals surface area contributed by atoms with Crippen LogP contribution >= 0.6 is 15.9 Å². The molecule has 0 fully saturated rings. The van der Waals surface area contributed by atoms with E-state index in [0.29, 0.717) is 11.1 Å². The van der Waals surface area contributed by atoms with Crippen molar-refractivity contribution < 1.29 is 13.5 Å². The van der Waals surface area contributed by atoms with Crippen LogP contribution in [-0.4, -0.2) is 0 Å². The molecule has 17 heavy (non-hydrogen) atoms. The molecule has 0 N–H and O–H groups in total. The summed E-state index contributed by atoms with van der Waals surface area (Å²) in [6, 6.07) is 11.0. The maximum Gasteiger partial charge on any atom is 0.201 e. The molecule has 0 radical (unpaired) electrons. The second-order valence-electron chi connectivity index (χ2n) is 3.40. The summed E-state index contributed by atoms with van der Waals surface area (Å²) in [5, 5.41) is 0.583. The molecule has 0 amide bonds. The molecule has 2 aromatic carbocycles. The van der Waals surface area contributed by atoms with E-state index in [1.807, 2.05) is 12.1 Å². The molecule has 0 unspecified atom stereocenters. The number of halogens is 3. The quantitative estimate of drug-likeness (QED) is 0.749. The molecule has 0 aliphatic rings. The predicted octanol–water partition coefficient (Wildman–Crippen LogP) is 4.65. The molecule has 0 aliphatic heterocycles. The molecule has 0 bridgehead atoms. The molecule has 2 rings (SSSR count). The van der Waals surface area contributed by atoms with Gasteiger partial charge in [0.05, 0.1) is 0 Å². The van der Waals surface area contributed by atoms with Gasteiger partial charge in [0.2, 0.25) is 5.82 Å². The van der Waals surface area contributed by atoms with Crippen molar-refractivity contribution >= 4 is 15.9 Å². The van der Waals surface area contributed by atoms with Gasteiger partial charge in [0.25, 0.3) is 0 Å². The Bertz CT molecular complexity index is 529. The maximum absolute atomic E-state index is 13.4. The van der Waals surface area contributed by atoms with E-state index in [-0.39, 0.29) is 5.75 Å². The van der Waals surface area contributed by atoms with Gasteiger partial charge in [-0.2, -0.15) is 4.39 Å². The molecule has 0 saturated carbocycles. The predicted molar refractivity (Wildman–Crippen MR) is 65.5 cm³/mol. The van der Waals surface area contributed by atoms with Gasteiger partial charge in [-0.05, 0) is 18.2 Å². The monoisotopic (exact) mass is 298 g/mol. The lowest BCUT2D eigenvalue weighted by atomic mass is 10.2. The highest BCUT2D eigenvalue weighted by Crippen LogP contribution is 2.29. The fourth-order valence-corrected chi connectivity index (χ4v) is 1.86. The van der Waals surface area contributed by atoms with Crippen molar-refractivity contribution in [1.82, 2.24) is 0 Å². The van der Waals surface area contributed by atoms with Gasteiger partial charge in [0, 0.05) is 10.9 Å². The summed E-state index contributed by atoms with van der Waals surface area (Å²) in [6.45, 7) is 0. The Balaban J connectivity index is 2.35. The van der Waals surface area contributed by atoms with E-state index in [1.165, 1.54) is 12.1 Å². The molecule has 2 aromatic rings. The van der Waals surface area contributed by atoms with Crippen molar-refractivity contribution in [2.75, 3.05) is 0 Å². The first-order valence-corrected chi connectivity index (χ1v) is 6.10. The highest BCUT2D eigenvalue weighted by molar-refractivity contribution is 9.08. The molecule has 0 heterocycles. The summed E-state index contributed by atoms with van der Waals surface area (Å²) in [7, 11) is 0. The summed E-state index contributed by atoms with van der Waals surface area (Å²) in [5.74, 6) is -1.50. The van der Waals surface area contributed by atoms with Gasteiger partial charge in [0.1, 0.15) is 5.75 Å². The van der Waals surface area contributed by atoms with Crippen LogP contribution in [0.25, 0.3) is 0 Å². The Morgan fingerprint density at radius 3 is 2.41 bits per heavy atom. The Kier molecular flexibility index (Phi) is 3.74. The smallest absolute Gasteiger partial charge is 0.201 e. The Labute approximate surface area is 106 Å². The number of benzene rings is 2. The zero-order valence-electron chi connectivity index (χ0n) is 8.79. The summed E-state index contributed by atoms with van der Waals surface area (Å²) in [4.78, 5) is 0. The van der Waals surface area contributed by atoms with E-state index in [4.69, 9.17) is 4.74 Å². The Hall–Kier alpha value is -1.42. The minimum atomic E-state index is -0.975. The molecule has 0 atom stereocenters. The summed E-state index contributed by atoms with van der Waals surface area (Å²) < 4.78 is 31.8. The minimum Gasteiger partial charge on any atom is -0.454 e. The van der Waals surface area contributed by atoms with Crippen molar-refractivity contribution in [3.8, 4) is 11.5 Å². The number of hydrogen-bond acceptors (Lipinski definition) is 1. The summed E-state index contributed by atoms with van der Waals surface area (Å²) in [5.41, 5.74) is 0.871. The summed E-state index contributed by atoms with van der Waals surface area (Å²) >= 11 is 3.31. The number of para-hydroxylation sites is 1. The van der Waals surface area contributed by atoms with Crippen molar-refractivity contribution in [3.63, 3.8) is 0 Å². The van der Waals surface area contributed by atoms with Gasteiger partial charge < -0.3 is 4.74 Å². The SMILES string of the molecule is Fc1cccc(Oc2ccccc2CBr)c1F. The second kappa shape index (κ2) is 5.27. The lowest BCUT2D eigenvalue weighted by Gasteiger charge is -2.10. The molecule has 0 spiro atoms. The van der Waals surface area contributed by atoms with Crippen LogP contribution in [0.2, 0.25) is 0 Å². The fourth-order valence-electron chi connectivity index (χ4n) is 1.40. The Morgan fingerprint density at radius 2 is 1.65 bits per heavy atom. The maximum atomic E-state index is 13.4. The number of rotatable bonds is 3. The third-order valence-corrected chi connectivity index (χ3v) is 2.86. The first-order chi connectivity index (χ1) is 8.22. The largest absolute Gasteiger partial charge is 0.454 e. The first-order valence-electron chi connectivity index (χ1n) is 4.98. The topological polar surface area (TPSA) is 9.23 Å². The van der Waals surface area contributed by atoms with Gasteiger partial charge in [-0.15, -0.1) is 0 Å². The third-order valence-electron chi connectivity index (χ3n) is 2.25. The molecule has 0 aromatic heterocycles. The molecular formula is C13H9BrF2O. The minimum absolute atomic E-state index is 0.113. The summed E-state index contributed by atoms with van der Waals surface area (Å²) in [6.07, 6.45) is 0. The normalized spacial score (nSPS) is 10.3. The van der Waals surface area contributed by atoms with Crippen LogP contribution in [-0.2, 0) is 5.33 Å². The van der Waals surface area contributed by atoms with Crippen LogP contribution < -0.4 is 4.74 Å². The van der Waals surface area contributed by atoms with Crippen molar-refractivity contribution in [1.29, 1.82) is 0 Å². The Morgan fingerprint density at radius 1 is 0.941 bits per heavy atom. The lowest BCUT2D eigenvalue weighted by Crippen LogP contribution is -1.93. The van der Waals surface area contributed by atoms with E-state index in [0.717, 1.165) is 11.6 Å². The number of hydrogen-bond donors (Lipinski definition) is 0. The van der Waals surface area contributed by atoms with Crippen LogP contribution in [0.1, 0.15) is 5.56 Å². The third kappa shape index (κ3) is 2.64. The highest BCUT2D eigenvalue weighted by atomic mass is 79.9. The highest BCUT2D eigenvalue weighted by Gasteiger charge is 2.11. The van der Waals surface area contributed by atoms with Crippen LogP contribution in [0.5, 0.6) is 11.5 Å².